The molecule has 4 nitrogen and oxygen atoms in total. The Bertz CT molecular complexity index is 2600. The van der Waals surface area contributed by atoms with Gasteiger partial charge in [-0.1, -0.05) is 91.9 Å². The number of benzene rings is 5. The van der Waals surface area contributed by atoms with Gasteiger partial charge in [0.15, 0.2) is 0 Å². The van der Waals surface area contributed by atoms with Crippen LogP contribution in [0.1, 0.15) is 36.9 Å². The van der Waals surface area contributed by atoms with E-state index in [4.69, 9.17) is 9.97 Å². The number of hydrogen-bond donors (Lipinski definition) is 0. The molecule has 0 fully saturated rings. The van der Waals surface area contributed by atoms with E-state index < -0.39 is 0 Å². The van der Waals surface area contributed by atoms with E-state index in [0.717, 1.165) is 30.0 Å². The third-order valence-electron chi connectivity index (χ3n) is 9.62. The summed E-state index contributed by atoms with van der Waals surface area (Å²) in [6.07, 6.45) is 8.56. The Morgan fingerprint density at radius 1 is 0.714 bits per heavy atom. The fourth-order valence-corrected chi connectivity index (χ4v) is 7.75. The van der Waals surface area contributed by atoms with E-state index in [-0.39, 0.29) is 0 Å². The fraction of sp³-hybridized carbons (Fsp3) is 0.105. The molecule has 0 bridgehead atoms. The lowest BCUT2D eigenvalue weighted by molar-refractivity contribution is 0.641. The number of nitrogens with zero attached hydrogens (tertiary/aromatic N) is 4. The largest absolute Gasteiger partial charge is 0.308 e. The predicted molar refractivity (Wildman–Crippen MR) is 175 cm³/mol. The number of fused-ring (bicyclic) bond motifs is 13. The molecule has 1 atom stereocenters. The Hall–Kier alpha value is -5.22. The van der Waals surface area contributed by atoms with Gasteiger partial charge in [-0.25, -0.2) is 9.97 Å². The van der Waals surface area contributed by atoms with Crippen molar-refractivity contribution >= 4 is 76.7 Å². The van der Waals surface area contributed by atoms with Crippen LogP contribution < -0.4 is 0 Å². The van der Waals surface area contributed by atoms with Gasteiger partial charge in [0.2, 0.25) is 5.95 Å². The van der Waals surface area contributed by atoms with Crippen molar-refractivity contribution in [1.82, 2.24) is 18.9 Å². The second kappa shape index (κ2) is 7.95. The van der Waals surface area contributed by atoms with Crippen LogP contribution in [0, 0.1) is 0 Å². The number of hydrogen-bond acceptors (Lipinski definition) is 2. The molecule has 0 N–H and O–H groups in total. The highest BCUT2D eigenvalue weighted by atomic mass is 15.2. The third kappa shape index (κ3) is 2.68. The molecule has 0 radical (unpaired) electrons. The van der Waals surface area contributed by atoms with Crippen LogP contribution in [-0.2, 0) is 0 Å². The molecule has 0 unspecified atom stereocenters. The molecule has 1 aliphatic carbocycles. The molecule has 4 heterocycles. The van der Waals surface area contributed by atoms with Gasteiger partial charge in [0.25, 0.3) is 0 Å². The van der Waals surface area contributed by atoms with Crippen LogP contribution in [0.5, 0.6) is 0 Å². The summed E-state index contributed by atoms with van der Waals surface area (Å²) in [4.78, 5) is 10.5. The van der Waals surface area contributed by atoms with Crippen molar-refractivity contribution in [2.24, 2.45) is 0 Å². The number of rotatable bonds is 2. The Balaban J connectivity index is 1.50. The molecule has 0 saturated carbocycles. The molecule has 10 rings (SSSR count). The molecule has 5 aromatic carbocycles. The van der Waals surface area contributed by atoms with E-state index in [1.807, 2.05) is 6.20 Å². The van der Waals surface area contributed by atoms with E-state index in [2.05, 4.69) is 119 Å². The van der Waals surface area contributed by atoms with Crippen LogP contribution in [0.4, 0.5) is 0 Å². The molecule has 0 aliphatic heterocycles. The van der Waals surface area contributed by atoms with Gasteiger partial charge in [-0.3, -0.25) is 4.57 Å². The minimum atomic E-state index is 0.404. The van der Waals surface area contributed by atoms with E-state index >= 15 is 0 Å². The van der Waals surface area contributed by atoms with Crippen molar-refractivity contribution in [3.8, 4) is 5.95 Å². The lowest BCUT2D eigenvalue weighted by Crippen LogP contribution is -2.11. The molecule has 0 spiro atoms. The van der Waals surface area contributed by atoms with Crippen LogP contribution in [0.25, 0.3) is 82.7 Å². The van der Waals surface area contributed by atoms with Crippen LogP contribution in [-0.4, -0.2) is 18.9 Å². The average molecular weight is 539 g/mol. The number of allylic oxidation sites excluding steroid dienone is 1. The van der Waals surface area contributed by atoms with Crippen molar-refractivity contribution in [3.63, 3.8) is 0 Å². The number of para-hydroxylation sites is 2. The zero-order chi connectivity index (χ0) is 27.5. The van der Waals surface area contributed by atoms with Gasteiger partial charge in [-0.15, -0.1) is 0 Å². The smallest absolute Gasteiger partial charge is 0.234 e. The summed E-state index contributed by atoms with van der Waals surface area (Å²) in [6.45, 7) is 2.26. The van der Waals surface area contributed by atoms with Crippen molar-refractivity contribution in [1.29, 1.82) is 0 Å². The van der Waals surface area contributed by atoms with Crippen LogP contribution in [0.3, 0.4) is 0 Å². The van der Waals surface area contributed by atoms with Crippen molar-refractivity contribution < 1.29 is 0 Å². The van der Waals surface area contributed by atoms with Gasteiger partial charge in [0.05, 0.1) is 33.3 Å². The molecular weight excluding hydrogens is 512 g/mol. The first-order valence-corrected chi connectivity index (χ1v) is 14.9. The average Bonchev–Trinajstić information content (AvgIpc) is 3.69. The lowest BCUT2D eigenvalue weighted by atomic mass is 9.90. The topological polar surface area (TPSA) is 35.1 Å². The molecule has 0 amide bonds. The Kier molecular flexibility index (Phi) is 4.25. The van der Waals surface area contributed by atoms with Gasteiger partial charge in [-0.2, -0.15) is 0 Å². The summed E-state index contributed by atoms with van der Waals surface area (Å²) < 4.78 is 4.83. The standard InChI is InChI=1S/C38H26N4/c1-2-22-11-9-12-24-21-39-38(40-34(22)24)42-35-25-13-4-3-10-23(25)18-19-27(35)30-20-29-26-14-5-7-16-31(26)41-32-17-8-6-15-28(32)33(36(29)41)37(30)42/h3-10,12-22H,2,11H2,1H3/t22-/m0/s1. The molecule has 9 aromatic rings. The first-order valence-electron chi connectivity index (χ1n) is 14.9. The highest BCUT2D eigenvalue weighted by molar-refractivity contribution is 6.35. The molecular formula is C38H26N4. The second-order valence-corrected chi connectivity index (χ2v) is 11.7. The summed E-state index contributed by atoms with van der Waals surface area (Å²) in [5.41, 5.74) is 8.40. The third-order valence-corrected chi connectivity index (χ3v) is 9.62. The van der Waals surface area contributed by atoms with E-state index in [1.165, 1.54) is 70.7 Å². The molecule has 1 aliphatic rings. The van der Waals surface area contributed by atoms with Gasteiger partial charge < -0.3 is 4.40 Å². The fourth-order valence-electron chi connectivity index (χ4n) is 7.75. The first kappa shape index (κ1) is 22.5. The van der Waals surface area contributed by atoms with Crippen molar-refractivity contribution in [3.05, 3.63) is 115 Å². The molecule has 42 heavy (non-hydrogen) atoms. The Morgan fingerprint density at radius 2 is 1.45 bits per heavy atom. The van der Waals surface area contributed by atoms with Crippen molar-refractivity contribution in [2.75, 3.05) is 0 Å². The Morgan fingerprint density at radius 3 is 2.31 bits per heavy atom. The van der Waals surface area contributed by atoms with Crippen molar-refractivity contribution in [2.45, 2.75) is 25.7 Å². The molecule has 0 saturated heterocycles. The van der Waals surface area contributed by atoms with Crippen LogP contribution in [0.15, 0.2) is 103 Å². The van der Waals surface area contributed by atoms with E-state index in [1.54, 1.807) is 0 Å². The van der Waals surface area contributed by atoms with E-state index in [9.17, 15) is 0 Å². The quantitative estimate of drug-likeness (QED) is 0.220. The van der Waals surface area contributed by atoms with Crippen LogP contribution >= 0.6 is 0 Å². The van der Waals surface area contributed by atoms with E-state index in [0.29, 0.717) is 5.92 Å². The second-order valence-electron chi connectivity index (χ2n) is 11.7. The van der Waals surface area contributed by atoms with Gasteiger partial charge in [0, 0.05) is 55.4 Å². The summed E-state index contributed by atoms with van der Waals surface area (Å²) in [7, 11) is 0. The summed E-state index contributed by atoms with van der Waals surface area (Å²) >= 11 is 0. The monoisotopic (exact) mass is 538 g/mol. The normalized spacial score (nSPS) is 15.4. The summed E-state index contributed by atoms with van der Waals surface area (Å²) in [5, 5.41) is 10.0. The zero-order valence-electron chi connectivity index (χ0n) is 23.2. The lowest BCUT2D eigenvalue weighted by Gasteiger charge is -2.20. The minimum absolute atomic E-state index is 0.404. The molecule has 4 aromatic heterocycles. The molecule has 198 valence electrons. The van der Waals surface area contributed by atoms with Crippen LogP contribution in [0.2, 0.25) is 0 Å². The minimum Gasteiger partial charge on any atom is -0.308 e. The van der Waals surface area contributed by atoms with Gasteiger partial charge >= 0.3 is 0 Å². The van der Waals surface area contributed by atoms with Gasteiger partial charge in [0.1, 0.15) is 0 Å². The Labute approximate surface area is 241 Å². The maximum atomic E-state index is 5.38. The zero-order valence-corrected chi connectivity index (χ0v) is 23.2. The maximum Gasteiger partial charge on any atom is 0.234 e. The first-order chi connectivity index (χ1) is 20.8. The SMILES string of the molecule is CC[C@H]1CC=Cc2cnc(-n3c4c5ccccc5ccc4c4cc5c6ccccc6n6c7ccccc7c(c43)c56)nc21. The maximum absolute atomic E-state index is 5.38. The molecule has 4 heteroatoms. The summed E-state index contributed by atoms with van der Waals surface area (Å²) in [6, 6.07) is 33.3. The summed E-state index contributed by atoms with van der Waals surface area (Å²) in [5.74, 6) is 1.16. The predicted octanol–water partition coefficient (Wildman–Crippen LogP) is 9.79. The highest BCUT2D eigenvalue weighted by Crippen LogP contribution is 2.47. The highest BCUT2D eigenvalue weighted by Gasteiger charge is 2.26. The van der Waals surface area contributed by atoms with Gasteiger partial charge in [-0.05, 0) is 36.4 Å². The number of aromatic nitrogens is 4.